The molecule has 4 nitrogen and oxygen atoms in total. The first-order valence-corrected chi connectivity index (χ1v) is 21.9. The Morgan fingerprint density at radius 1 is 0.266 bits per heavy atom. The Kier molecular flexibility index (Phi) is 7.36. The second kappa shape index (κ2) is 13.4. The Balaban J connectivity index is 0.937. The van der Waals surface area contributed by atoms with Crippen LogP contribution in [-0.4, -0.2) is 13.7 Å². The lowest BCUT2D eigenvalue weighted by molar-refractivity contribution is 0.476. The summed E-state index contributed by atoms with van der Waals surface area (Å²) in [5.41, 5.74) is 17.6. The van der Waals surface area contributed by atoms with Gasteiger partial charge in [-0.25, -0.2) is 0 Å². The normalized spacial score (nSPS) is 12.2. The molecule has 1 aliphatic rings. The zero-order chi connectivity index (χ0) is 41.9. The number of nitrogens with zero attached hydrogens (tertiary/aromatic N) is 3. The summed E-state index contributed by atoms with van der Waals surface area (Å²) in [7, 11) is 0. The fraction of sp³-hybridized carbons (Fsp3) is 0. The maximum atomic E-state index is 6.44. The predicted molar refractivity (Wildman–Crippen MR) is 266 cm³/mol. The highest BCUT2D eigenvalue weighted by Gasteiger charge is 2.25. The molecule has 0 atom stereocenters. The van der Waals surface area contributed by atoms with E-state index in [9.17, 15) is 0 Å². The highest BCUT2D eigenvalue weighted by Crippen LogP contribution is 2.48. The molecule has 0 N–H and O–H groups in total. The van der Waals surface area contributed by atoms with Crippen LogP contribution >= 0.6 is 0 Å². The molecule has 4 heterocycles. The molecular weight excluding hydrogens is 779 g/mol. The van der Waals surface area contributed by atoms with Crippen LogP contribution in [0.2, 0.25) is 0 Å². The summed E-state index contributed by atoms with van der Waals surface area (Å²) in [4.78, 5) is 0. The number of hydrogen-bond donors (Lipinski definition) is 0. The third-order valence-electron chi connectivity index (χ3n) is 13.4. The quantitative estimate of drug-likeness (QED) is 0.170. The van der Waals surface area contributed by atoms with E-state index in [4.69, 9.17) is 4.74 Å². The molecule has 10 aromatic carbocycles. The molecule has 3 aromatic heterocycles. The van der Waals surface area contributed by atoms with Crippen molar-refractivity contribution < 1.29 is 4.74 Å². The minimum Gasteiger partial charge on any atom is -0.453 e. The van der Waals surface area contributed by atoms with Crippen LogP contribution < -0.4 is 4.74 Å². The van der Waals surface area contributed by atoms with E-state index >= 15 is 0 Å². The summed E-state index contributed by atoms with van der Waals surface area (Å²) in [6.07, 6.45) is 0. The zero-order valence-electron chi connectivity index (χ0n) is 34.6. The van der Waals surface area contributed by atoms with Crippen molar-refractivity contribution >= 4 is 65.4 Å². The van der Waals surface area contributed by atoms with Crippen molar-refractivity contribution in [3.8, 4) is 61.9 Å². The van der Waals surface area contributed by atoms with Crippen LogP contribution in [0.3, 0.4) is 0 Å². The van der Waals surface area contributed by atoms with E-state index in [0.29, 0.717) is 0 Å². The van der Waals surface area contributed by atoms with E-state index in [2.05, 4.69) is 232 Å². The smallest absolute Gasteiger partial charge is 0.152 e. The van der Waals surface area contributed by atoms with Gasteiger partial charge in [0.25, 0.3) is 0 Å². The third-order valence-corrected chi connectivity index (χ3v) is 13.4. The van der Waals surface area contributed by atoms with E-state index in [0.717, 1.165) is 39.6 Å². The van der Waals surface area contributed by atoms with E-state index < -0.39 is 0 Å². The molecule has 0 fully saturated rings. The molecule has 0 amide bonds. The summed E-state index contributed by atoms with van der Waals surface area (Å²) < 4.78 is 13.6. The second-order valence-corrected chi connectivity index (χ2v) is 16.9. The van der Waals surface area contributed by atoms with Crippen LogP contribution in [0, 0.1) is 0 Å². The lowest BCUT2D eigenvalue weighted by Crippen LogP contribution is -2.04. The lowest BCUT2D eigenvalue weighted by atomic mass is 9.99. The van der Waals surface area contributed by atoms with Crippen molar-refractivity contribution in [3.63, 3.8) is 0 Å². The van der Waals surface area contributed by atoms with Crippen molar-refractivity contribution in [2.24, 2.45) is 0 Å². The summed E-state index contributed by atoms with van der Waals surface area (Å²) >= 11 is 0. The SMILES string of the molecule is c1ccc(-c2ccc3c(c2)c2cc(-c4ccc5c(c4)c4ccccc4n5-c4ccccc4)ccc2n3-c2ccc(-c3cccc4c5cccc6c5n(c34)-c3ccccc3O6)cc2)cc1. The molecule has 64 heavy (non-hydrogen) atoms. The summed E-state index contributed by atoms with van der Waals surface area (Å²) in [6.45, 7) is 0. The average molecular weight is 816 g/mol. The fourth-order valence-corrected chi connectivity index (χ4v) is 10.6. The number of benzene rings is 10. The second-order valence-electron chi connectivity index (χ2n) is 16.9. The monoisotopic (exact) mass is 815 g/mol. The Morgan fingerprint density at radius 3 is 1.45 bits per heavy atom. The van der Waals surface area contributed by atoms with Gasteiger partial charge >= 0.3 is 0 Å². The van der Waals surface area contributed by atoms with Gasteiger partial charge in [0.1, 0.15) is 0 Å². The topological polar surface area (TPSA) is 24.0 Å². The Labute approximate surface area is 368 Å². The molecule has 0 spiro atoms. The first-order chi connectivity index (χ1) is 31.7. The number of fused-ring (bicyclic) bond motifs is 11. The molecule has 0 saturated heterocycles. The van der Waals surface area contributed by atoms with Crippen molar-refractivity contribution in [1.82, 2.24) is 13.7 Å². The van der Waals surface area contributed by atoms with Crippen LogP contribution in [0.1, 0.15) is 0 Å². The van der Waals surface area contributed by atoms with Crippen LogP contribution in [0.5, 0.6) is 11.5 Å². The first-order valence-electron chi connectivity index (χ1n) is 21.9. The van der Waals surface area contributed by atoms with E-state index in [1.165, 1.54) is 87.7 Å². The van der Waals surface area contributed by atoms with Gasteiger partial charge in [0.05, 0.1) is 38.8 Å². The van der Waals surface area contributed by atoms with Crippen LogP contribution in [0.25, 0.3) is 116 Å². The average Bonchev–Trinajstić information content (AvgIpc) is 4.01. The van der Waals surface area contributed by atoms with E-state index in [-0.39, 0.29) is 0 Å². The summed E-state index contributed by atoms with van der Waals surface area (Å²) in [5.74, 6) is 1.75. The number of ether oxygens (including phenoxy) is 1. The Hall–Kier alpha value is -8.60. The van der Waals surface area contributed by atoms with E-state index in [1.54, 1.807) is 0 Å². The summed E-state index contributed by atoms with van der Waals surface area (Å²) in [6, 6.07) is 81.5. The number of para-hydroxylation sites is 6. The van der Waals surface area contributed by atoms with Crippen molar-refractivity contribution in [2.45, 2.75) is 0 Å². The molecule has 298 valence electrons. The van der Waals surface area contributed by atoms with Gasteiger partial charge in [0, 0.05) is 49.3 Å². The van der Waals surface area contributed by atoms with E-state index in [1.807, 2.05) is 6.07 Å². The molecule has 4 heteroatoms. The van der Waals surface area contributed by atoms with Crippen LogP contribution in [0.15, 0.2) is 224 Å². The van der Waals surface area contributed by atoms with Crippen molar-refractivity contribution in [2.75, 3.05) is 0 Å². The largest absolute Gasteiger partial charge is 0.453 e. The van der Waals surface area contributed by atoms with Crippen LogP contribution in [-0.2, 0) is 0 Å². The summed E-state index contributed by atoms with van der Waals surface area (Å²) in [5, 5.41) is 7.36. The lowest BCUT2D eigenvalue weighted by Gasteiger charge is -2.21. The highest BCUT2D eigenvalue weighted by molar-refractivity contribution is 6.17. The van der Waals surface area contributed by atoms with Crippen molar-refractivity contribution in [1.29, 1.82) is 0 Å². The van der Waals surface area contributed by atoms with Gasteiger partial charge in [-0.05, 0) is 113 Å². The number of aromatic nitrogens is 3. The third kappa shape index (κ3) is 5.05. The molecule has 0 unspecified atom stereocenters. The van der Waals surface area contributed by atoms with Crippen LogP contribution in [0.4, 0.5) is 0 Å². The number of rotatable bonds is 5. The van der Waals surface area contributed by atoms with Gasteiger partial charge in [-0.1, -0.05) is 140 Å². The highest BCUT2D eigenvalue weighted by atomic mass is 16.5. The molecule has 0 saturated carbocycles. The molecule has 0 aliphatic carbocycles. The zero-order valence-corrected chi connectivity index (χ0v) is 34.6. The first kappa shape index (κ1) is 35.0. The van der Waals surface area contributed by atoms with Gasteiger partial charge in [0.15, 0.2) is 11.5 Å². The molecule has 0 radical (unpaired) electrons. The Bertz CT molecular complexity index is 4020. The standard InChI is InChI=1S/C60H37N3O/c1-3-13-38(14-4-1)40-27-32-54-50(35-40)51-37-42(41-28-33-53-49(36-41)46-17-7-8-21-52(46)61(53)43-15-5-2-6-16-43)29-34-55(51)62(54)44-30-25-39(26-31-44)45-18-11-19-47-48-20-12-24-58-60(48)63(59(45)47)56-22-9-10-23-57(56)64-58/h1-37H. The van der Waals surface area contributed by atoms with Gasteiger partial charge in [-0.15, -0.1) is 0 Å². The minimum atomic E-state index is 0.867. The van der Waals surface area contributed by atoms with Gasteiger partial charge in [-0.3, -0.25) is 0 Å². The maximum absolute atomic E-state index is 6.44. The molecule has 0 bridgehead atoms. The molecule has 13 aromatic rings. The number of hydrogen-bond acceptors (Lipinski definition) is 1. The molecule has 14 rings (SSSR count). The van der Waals surface area contributed by atoms with Gasteiger partial charge in [-0.2, -0.15) is 0 Å². The van der Waals surface area contributed by atoms with Gasteiger partial charge < -0.3 is 18.4 Å². The predicted octanol–water partition coefficient (Wildman–Crippen LogP) is 16.1. The fourth-order valence-electron chi connectivity index (χ4n) is 10.6. The molecule has 1 aliphatic heterocycles. The van der Waals surface area contributed by atoms with Crippen molar-refractivity contribution in [3.05, 3.63) is 224 Å². The Morgan fingerprint density at radius 2 is 0.750 bits per heavy atom. The minimum absolute atomic E-state index is 0.867. The maximum Gasteiger partial charge on any atom is 0.152 e. The van der Waals surface area contributed by atoms with Gasteiger partial charge in [0.2, 0.25) is 0 Å². The molecular formula is C60H37N3O.